The monoisotopic (exact) mass is 758 g/mol. The van der Waals surface area contributed by atoms with E-state index >= 15 is 0 Å². The van der Waals surface area contributed by atoms with Crippen molar-refractivity contribution in [3.63, 3.8) is 0 Å². The van der Waals surface area contributed by atoms with E-state index in [-0.39, 0.29) is 23.2 Å². The lowest BCUT2D eigenvalue weighted by atomic mass is 9.68. The average molecular weight is 759 g/mol. The summed E-state index contributed by atoms with van der Waals surface area (Å²) in [6.45, 7) is 5.62. The molecule has 10 nitrogen and oxygen atoms in total. The van der Waals surface area contributed by atoms with Gasteiger partial charge in [0.25, 0.3) is 11.8 Å². The van der Waals surface area contributed by atoms with Crippen molar-refractivity contribution in [2.24, 2.45) is 28.0 Å². The Hall–Kier alpha value is -3.64. The molecule has 3 aliphatic carbocycles. The van der Waals surface area contributed by atoms with Crippen LogP contribution in [0.3, 0.4) is 0 Å². The van der Waals surface area contributed by atoms with Gasteiger partial charge in [-0.15, -0.1) is 4.36 Å². The highest BCUT2D eigenvalue weighted by Crippen LogP contribution is 2.61. The number of anilines is 1. The molecule has 1 spiro atoms. The quantitative estimate of drug-likeness (QED) is 0.289. The van der Waals surface area contributed by atoms with Gasteiger partial charge in [-0.2, -0.15) is 0 Å². The lowest BCUT2D eigenvalue weighted by Gasteiger charge is -2.46. The van der Waals surface area contributed by atoms with Crippen molar-refractivity contribution in [2.45, 2.75) is 69.6 Å². The summed E-state index contributed by atoms with van der Waals surface area (Å²) in [6, 6.07) is 13.5. The van der Waals surface area contributed by atoms with Crippen molar-refractivity contribution < 1.29 is 28.0 Å². The molecule has 6 aliphatic rings. The van der Waals surface area contributed by atoms with Crippen molar-refractivity contribution in [1.29, 1.82) is 0 Å². The van der Waals surface area contributed by atoms with Crippen LogP contribution in [0.4, 0.5) is 5.69 Å². The Morgan fingerprint density at radius 2 is 2.04 bits per heavy atom. The van der Waals surface area contributed by atoms with Crippen LogP contribution in [0.25, 0.3) is 0 Å². The zero-order chi connectivity index (χ0) is 36.5. The van der Waals surface area contributed by atoms with Crippen LogP contribution in [-0.4, -0.2) is 65.9 Å². The van der Waals surface area contributed by atoms with Gasteiger partial charge in [-0.3, -0.25) is 14.3 Å². The van der Waals surface area contributed by atoms with Crippen molar-refractivity contribution in [1.82, 2.24) is 9.29 Å². The molecule has 3 aliphatic heterocycles. The molecule has 4 heterocycles. The summed E-state index contributed by atoms with van der Waals surface area (Å²) in [7, 11) is -1.75. The molecular weight excluding hydrogens is 712 g/mol. The Labute approximate surface area is 316 Å². The number of hydrogen-bond acceptors (Lipinski definition) is 7. The maximum absolute atomic E-state index is 14.7. The number of carbonyl (C=O) groups is 2. The molecule has 2 saturated carbocycles. The van der Waals surface area contributed by atoms with Crippen LogP contribution in [0.5, 0.6) is 5.75 Å². The minimum atomic E-state index is -3.53. The zero-order valence-electron chi connectivity index (χ0n) is 30.3. The molecule has 0 saturated heterocycles. The van der Waals surface area contributed by atoms with E-state index in [1.54, 1.807) is 25.4 Å². The Morgan fingerprint density at radius 3 is 2.85 bits per heavy atom. The normalized spacial score (nSPS) is 33.8. The van der Waals surface area contributed by atoms with Gasteiger partial charge in [-0.1, -0.05) is 36.7 Å². The summed E-state index contributed by atoms with van der Waals surface area (Å²) < 4.78 is 42.0. The third kappa shape index (κ3) is 6.61. The standard InChI is InChI=1S/C41H47ClN4O6S/c1-25-4-3-5-37(50-2)32-9-6-27(32)19-46-23-41(18-28-15-33(28)34-17-30(42)8-10-35(34)41)24-52-38-11-7-26(16-36(38)46)39(47)43-53(49,22-25)44-40(48)29-14-31-21-51-13-12-45(31)20-29/h3,5,7-8,10-11,14,16-17,20,25,27-28,32-33,37H,4,6,9,12-13,15,18-19,21-24H2,1-2H3,(H,43,44,47,48,49)/b5-3+/t25-,27-,28-,32+,33?,37-,41-,53-/m0/s1. The maximum atomic E-state index is 14.7. The third-order valence-electron chi connectivity index (χ3n) is 12.6. The Kier molecular flexibility index (Phi) is 8.99. The molecule has 1 unspecified atom stereocenters. The number of nitrogens with one attached hydrogen (secondary N) is 1. The first-order chi connectivity index (χ1) is 25.6. The first-order valence-electron chi connectivity index (χ1n) is 19.0. The van der Waals surface area contributed by atoms with Crippen LogP contribution < -0.4 is 14.4 Å². The van der Waals surface area contributed by atoms with Crippen LogP contribution >= 0.6 is 11.6 Å². The summed E-state index contributed by atoms with van der Waals surface area (Å²) in [5.41, 5.74) is 4.80. The maximum Gasteiger partial charge on any atom is 0.286 e. The lowest BCUT2D eigenvalue weighted by Crippen LogP contribution is -2.49. The first-order valence-corrected chi connectivity index (χ1v) is 21.1. The molecular formula is C41H47ClN4O6S. The van der Waals surface area contributed by atoms with Gasteiger partial charge in [0.2, 0.25) is 0 Å². The number of halogens is 1. The van der Waals surface area contributed by atoms with Crippen LogP contribution in [0.1, 0.15) is 82.5 Å². The van der Waals surface area contributed by atoms with Crippen molar-refractivity contribution >= 4 is 39.0 Å². The van der Waals surface area contributed by atoms with Gasteiger partial charge in [-0.05, 0) is 109 Å². The van der Waals surface area contributed by atoms with Crippen LogP contribution in [0.15, 0.2) is 65.2 Å². The second-order valence-electron chi connectivity index (χ2n) is 16.2. The second-order valence-corrected chi connectivity index (χ2v) is 18.7. The van der Waals surface area contributed by atoms with Gasteiger partial charge < -0.3 is 23.7 Å². The molecule has 8 atom stereocenters. The van der Waals surface area contributed by atoms with Crippen molar-refractivity contribution in [2.75, 3.05) is 44.1 Å². The molecule has 9 rings (SSSR count). The highest BCUT2D eigenvalue weighted by atomic mass is 35.5. The number of fused-ring (bicyclic) bond motifs is 7. The minimum Gasteiger partial charge on any atom is -0.490 e. The van der Waals surface area contributed by atoms with E-state index in [9.17, 15) is 13.8 Å². The Morgan fingerprint density at radius 1 is 1.15 bits per heavy atom. The van der Waals surface area contributed by atoms with E-state index in [2.05, 4.69) is 38.3 Å². The number of allylic oxidation sites excluding steroid dienone is 1. The van der Waals surface area contributed by atoms with Gasteiger partial charge in [0.1, 0.15) is 15.7 Å². The SMILES string of the molecule is CO[C@H]1/C=C/C[C@H](C)C[S@@](=O)(NC(=O)c2cc3n(c2)CCOC3)=NC(=O)c2ccc3c(c2)N(C[C@@H]2CC[C@H]21)C[C@]1(CO3)C[C@@H]2CC2c2cc(Cl)ccc21. The van der Waals surface area contributed by atoms with Gasteiger partial charge in [0.05, 0.1) is 42.9 Å². The largest absolute Gasteiger partial charge is 0.490 e. The molecule has 0 radical (unpaired) electrons. The number of aromatic nitrogens is 1. The molecule has 280 valence electrons. The topological polar surface area (TPSA) is 111 Å². The van der Waals surface area contributed by atoms with Crippen LogP contribution in [-0.2, 0) is 38.0 Å². The fourth-order valence-corrected chi connectivity index (χ4v) is 11.7. The van der Waals surface area contributed by atoms with Gasteiger partial charge in [0, 0.05) is 54.6 Å². The molecule has 3 aromatic rings. The number of benzene rings is 2. The van der Waals surface area contributed by atoms with E-state index in [0.29, 0.717) is 67.6 Å². The molecule has 1 aromatic heterocycles. The molecule has 1 N–H and O–H groups in total. The summed E-state index contributed by atoms with van der Waals surface area (Å²) >= 11 is 6.55. The zero-order valence-corrected chi connectivity index (χ0v) is 31.9. The summed E-state index contributed by atoms with van der Waals surface area (Å²) in [6.07, 6.45) is 10.9. The number of ether oxygens (including phenoxy) is 3. The minimum absolute atomic E-state index is 0.0173. The fraction of sp³-hybridized carbons (Fsp3) is 0.512. The summed E-state index contributed by atoms with van der Waals surface area (Å²) in [4.78, 5) is 30.2. The van der Waals surface area contributed by atoms with Gasteiger partial charge in [-0.25, -0.2) is 4.21 Å². The number of hydrogen-bond donors (Lipinski definition) is 1. The number of carbonyl (C=O) groups excluding carboxylic acids is 2. The number of methoxy groups -OCH3 is 1. The third-order valence-corrected chi connectivity index (χ3v) is 14.8. The number of nitrogens with zero attached hydrogens (tertiary/aromatic N) is 3. The lowest BCUT2D eigenvalue weighted by molar-refractivity contribution is 0.0131. The first kappa shape index (κ1) is 35.1. The highest BCUT2D eigenvalue weighted by Gasteiger charge is 2.54. The molecule has 12 heteroatoms. The average Bonchev–Trinajstić information content (AvgIpc) is 3.80. The molecule has 2 fully saturated rings. The number of amides is 2. The summed E-state index contributed by atoms with van der Waals surface area (Å²) in [5, 5.41) is 0.765. The van der Waals surface area contributed by atoms with Gasteiger partial charge in [0.15, 0.2) is 0 Å². The predicted molar refractivity (Wildman–Crippen MR) is 204 cm³/mol. The highest BCUT2D eigenvalue weighted by molar-refractivity contribution is 7.92. The van der Waals surface area contributed by atoms with E-state index in [1.807, 2.05) is 29.7 Å². The van der Waals surface area contributed by atoms with E-state index < -0.39 is 21.7 Å². The Bertz CT molecular complexity index is 2100. The van der Waals surface area contributed by atoms with Crippen LogP contribution in [0, 0.1) is 23.7 Å². The van der Waals surface area contributed by atoms with Crippen molar-refractivity contribution in [3.05, 3.63) is 93.8 Å². The van der Waals surface area contributed by atoms with E-state index in [1.165, 1.54) is 17.5 Å². The van der Waals surface area contributed by atoms with Gasteiger partial charge >= 0.3 is 0 Å². The van der Waals surface area contributed by atoms with Crippen LogP contribution in [0.2, 0.25) is 5.02 Å². The van der Waals surface area contributed by atoms with Crippen molar-refractivity contribution in [3.8, 4) is 5.75 Å². The molecule has 53 heavy (non-hydrogen) atoms. The number of rotatable bonds is 3. The molecule has 2 bridgehead atoms. The van der Waals surface area contributed by atoms with E-state index in [4.69, 9.17) is 25.8 Å². The molecule has 2 aromatic carbocycles. The predicted octanol–water partition coefficient (Wildman–Crippen LogP) is 6.91. The summed E-state index contributed by atoms with van der Waals surface area (Å²) in [5.74, 6) is 1.33. The fourth-order valence-electron chi connectivity index (χ4n) is 9.64. The molecule has 2 amide bonds. The van der Waals surface area contributed by atoms with E-state index in [0.717, 1.165) is 54.5 Å². The smallest absolute Gasteiger partial charge is 0.286 e. The second kappa shape index (κ2) is 13.6. The Balaban J connectivity index is 1.10.